The lowest BCUT2D eigenvalue weighted by Gasteiger charge is -2.32. The lowest BCUT2D eigenvalue weighted by Crippen LogP contribution is -2.36. The summed E-state index contributed by atoms with van der Waals surface area (Å²) in [6, 6.07) is 22.0. The van der Waals surface area contributed by atoms with Crippen LogP contribution in [0.2, 0.25) is 0 Å². The van der Waals surface area contributed by atoms with E-state index in [-0.39, 0.29) is 0 Å². The van der Waals surface area contributed by atoms with Gasteiger partial charge in [0.05, 0.1) is 28.0 Å². The normalized spacial score (nSPS) is 18.1. The van der Waals surface area contributed by atoms with E-state index in [4.69, 9.17) is 14.2 Å². The largest absolute Gasteiger partial charge is 0.497 e. The Morgan fingerprint density at radius 1 is 0.765 bits per heavy atom. The molecule has 4 aromatic carbocycles. The van der Waals surface area contributed by atoms with Crippen molar-refractivity contribution in [3.8, 4) is 17.2 Å². The highest BCUT2D eigenvalue weighted by Gasteiger charge is 2.36. The topological polar surface area (TPSA) is 34.2 Å². The molecule has 6 rings (SSSR count). The zero-order valence-corrected chi connectivity index (χ0v) is 20.0. The molecule has 1 fully saturated rings. The summed E-state index contributed by atoms with van der Waals surface area (Å²) in [6.07, 6.45) is 1.04. The van der Waals surface area contributed by atoms with E-state index in [0.29, 0.717) is 6.04 Å². The molecule has 0 spiro atoms. The lowest BCUT2D eigenvalue weighted by molar-refractivity contribution is 0.202. The number of benzene rings is 4. The SMILES string of the molecule is COc1ccc2c3c(c4cc(OC)c(OC)cc4c2c1)C[C@@H]1CN(Cc2ccccc2)CN1C3. The summed E-state index contributed by atoms with van der Waals surface area (Å²) in [4.78, 5) is 5.21. The molecule has 174 valence electrons. The molecule has 1 saturated heterocycles. The first kappa shape index (κ1) is 21.3. The number of fused-ring (bicyclic) bond motifs is 7. The lowest BCUT2D eigenvalue weighted by atomic mass is 9.85. The van der Waals surface area contributed by atoms with Crippen LogP contribution in [0.5, 0.6) is 17.2 Å². The van der Waals surface area contributed by atoms with Crippen LogP contribution in [0.3, 0.4) is 0 Å². The molecule has 5 nitrogen and oxygen atoms in total. The molecular formula is C29H30N2O3. The number of methoxy groups -OCH3 is 3. The molecule has 0 unspecified atom stereocenters. The third kappa shape index (κ3) is 3.47. The summed E-state index contributed by atoms with van der Waals surface area (Å²) in [5.74, 6) is 2.40. The fourth-order valence-corrected chi connectivity index (χ4v) is 5.84. The second-order valence-electron chi connectivity index (χ2n) is 9.36. The van der Waals surface area contributed by atoms with Crippen LogP contribution in [0, 0.1) is 0 Å². The number of hydrogen-bond acceptors (Lipinski definition) is 5. The molecule has 0 saturated carbocycles. The standard InChI is InChI=1S/C29H30N2O3/c1-32-21-9-10-22-24(12-21)26-14-29(34-3)28(33-2)13-25(26)23-11-20-16-30(18-31(20)17-27(22)23)15-19-7-5-4-6-8-19/h4-10,12-14,20H,11,15-18H2,1-3H3/t20-/m1/s1. The van der Waals surface area contributed by atoms with Gasteiger partial charge in [0.15, 0.2) is 11.5 Å². The van der Waals surface area contributed by atoms with E-state index in [1.165, 1.54) is 38.2 Å². The van der Waals surface area contributed by atoms with Crippen molar-refractivity contribution in [2.75, 3.05) is 34.5 Å². The van der Waals surface area contributed by atoms with Gasteiger partial charge in [0, 0.05) is 25.7 Å². The third-order valence-electron chi connectivity index (χ3n) is 7.47. The first-order chi connectivity index (χ1) is 16.7. The van der Waals surface area contributed by atoms with Crippen LogP contribution in [0.15, 0.2) is 60.7 Å². The minimum atomic E-state index is 0.517. The maximum absolute atomic E-state index is 5.69. The molecule has 0 aliphatic carbocycles. The Morgan fingerprint density at radius 3 is 2.24 bits per heavy atom. The third-order valence-corrected chi connectivity index (χ3v) is 7.47. The van der Waals surface area contributed by atoms with Crippen molar-refractivity contribution in [1.29, 1.82) is 0 Å². The van der Waals surface area contributed by atoms with Crippen LogP contribution in [0.1, 0.15) is 16.7 Å². The van der Waals surface area contributed by atoms with Crippen LogP contribution < -0.4 is 14.2 Å². The van der Waals surface area contributed by atoms with E-state index < -0.39 is 0 Å². The van der Waals surface area contributed by atoms with Gasteiger partial charge in [-0.2, -0.15) is 0 Å². The van der Waals surface area contributed by atoms with Gasteiger partial charge in [0.1, 0.15) is 5.75 Å². The van der Waals surface area contributed by atoms with Crippen molar-refractivity contribution in [1.82, 2.24) is 9.80 Å². The van der Waals surface area contributed by atoms with E-state index in [2.05, 4.69) is 70.5 Å². The van der Waals surface area contributed by atoms with Gasteiger partial charge in [-0.15, -0.1) is 0 Å². The summed E-state index contributed by atoms with van der Waals surface area (Å²) in [5.41, 5.74) is 4.24. The molecule has 0 bridgehead atoms. The van der Waals surface area contributed by atoms with Gasteiger partial charge in [0.2, 0.25) is 0 Å². The fourth-order valence-electron chi connectivity index (χ4n) is 5.84. The average molecular weight is 455 g/mol. The fraction of sp³-hybridized carbons (Fsp3) is 0.310. The average Bonchev–Trinajstić information content (AvgIpc) is 3.28. The minimum absolute atomic E-state index is 0.517. The van der Waals surface area contributed by atoms with Crippen molar-refractivity contribution in [2.24, 2.45) is 0 Å². The van der Waals surface area contributed by atoms with E-state index in [0.717, 1.165) is 50.0 Å². The molecule has 0 radical (unpaired) electrons. The second-order valence-corrected chi connectivity index (χ2v) is 9.36. The van der Waals surface area contributed by atoms with Crippen molar-refractivity contribution in [3.63, 3.8) is 0 Å². The highest BCUT2D eigenvalue weighted by atomic mass is 16.5. The van der Waals surface area contributed by atoms with Crippen LogP contribution in [0.25, 0.3) is 21.5 Å². The summed E-state index contributed by atoms with van der Waals surface area (Å²) >= 11 is 0. The zero-order chi connectivity index (χ0) is 23.2. The van der Waals surface area contributed by atoms with Gasteiger partial charge in [-0.3, -0.25) is 9.80 Å². The Morgan fingerprint density at radius 2 is 1.50 bits per heavy atom. The van der Waals surface area contributed by atoms with Crippen molar-refractivity contribution >= 4 is 21.5 Å². The van der Waals surface area contributed by atoms with E-state index in [1.54, 1.807) is 21.3 Å². The molecule has 0 amide bonds. The highest BCUT2D eigenvalue weighted by molar-refractivity contribution is 6.12. The summed E-state index contributed by atoms with van der Waals surface area (Å²) in [7, 11) is 5.13. The van der Waals surface area contributed by atoms with Crippen LogP contribution in [-0.4, -0.2) is 50.4 Å². The van der Waals surface area contributed by atoms with E-state index in [1.807, 2.05) is 0 Å². The maximum atomic E-state index is 5.69. The smallest absolute Gasteiger partial charge is 0.161 e. The molecule has 0 N–H and O–H groups in total. The van der Waals surface area contributed by atoms with Crippen molar-refractivity contribution in [2.45, 2.75) is 25.6 Å². The zero-order valence-electron chi connectivity index (χ0n) is 20.0. The van der Waals surface area contributed by atoms with Gasteiger partial charge >= 0.3 is 0 Å². The molecule has 2 aliphatic rings. The van der Waals surface area contributed by atoms with Crippen molar-refractivity contribution in [3.05, 3.63) is 77.4 Å². The van der Waals surface area contributed by atoms with E-state index >= 15 is 0 Å². The molecule has 2 heterocycles. The second kappa shape index (κ2) is 8.49. The Kier molecular flexibility index (Phi) is 5.31. The van der Waals surface area contributed by atoms with Crippen LogP contribution >= 0.6 is 0 Å². The van der Waals surface area contributed by atoms with Crippen LogP contribution in [-0.2, 0) is 19.5 Å². The quantitative estimate of drug-likeness (QED) is 0.386. The molecular weight excluding hydrogens is 424 g/mol. The predicted octanol–water partition coefficient (Wildman–Crippen LogP) is 5.22. The van der Waals surface area contributed by atoms with E-state index in [9.17, 15) is 0 Å². The molecule has 0 aromatic heterocycles. The summed E-state index contributed by atoms with van der Waals surface area (Å²) in [6.45, 7) is 4.04. The number of ether oxygens (including phenoxy) is 3. The highest BCUT2D eigenvalue weighted by Crippen LogP contribution is 2.43. The Labute approximate surface area is 200 Å². The molecule has 34 heavy (non-hydrogen) atoms. The Bertz CT molecular complexity index is 1370. The van der Waals surface area contributed by atoms with Gasteiger partial charge in [-0.05, 0) is 68.9 Å². The predicted molar refractivity (Wildman–Crippen MR) is 136 cm³/mol. The first-order valence-corrected chi connectivity index (χ1v) is 11.9. The number of hydrogen-bond donors (Lipinski definition) is 0. The van der Waals surface area contributed by atoms with Gasteiger partial charge < -0.3 is 14.2 Å². The first-order valence-electron chi connectivity index (χ1n) is 11.9. The number of nitrogens with zero attached hydrogens (tertiary/aromatic N) is 2. The minimum Gasteiger partial charge on any atom is -0.497 e. The molecule has 2 aliphatic heterocycles. The molecule has 5 heteroatoms. The van der Waals surface area contributed by atoms with Gasteiger partial charge in [-0.1, -0.05) is 36.4 Å². The number of rotatable bonds is 5. The van der Waals surface area contributed by atoms with Gasteiger partial charge in [-0.25, -0.2) is 0 Å². The summed E-state index contributed by atoms with van der Waals surface area (Å²) in [5, 5.41) is 4.95. The van der Waals surface area contributed by atoms with Gasteiger partial charge in [0.25, 0.3) is 0 Å². The maximum Gasteiger partial charge on any atom is 0.161 e. The molecule has 1 atom stereocenters. The van der Waals surface area contributed by atoms with Crippen molar-refractivity contribution < 1.29 is 14.2 Å². The Balaban J connectivity index is 1.46. The molecule has 4 aromatic rings. The van der Waals surface area contributed by atoms with Crippen LogP contribution in [0.4, 0.5) is 0 Å². The summed E-state index contributed by atoms with van der Waals surface area (Å²) < 4.78 is 16.9. The Hall–Kier alpha value is -3.28. The monoisotopic (exact) mass is 454 g/mol.